The zero-order chi connectivity index (χ0) is 17.5. The van der Waals surface area contributed by atoms with Crippen molar-refractivity contribution in [1.82, 2.24) is 10.3 Å². The number of thiazole rings is 1. The maximum absolute atomic E-state index is 5.52. The summed E-state index contributed by atoms with van der Waals surface area (Å²) in [5.74, 6) is 0.890. The van der Waals surface area contributed by atoms with Crippen molar-refractivity contribution in [1.29, 1.82) is 0 Å². The molecule has 0 aliphatic carbocycles. The number of hydrogen-bond donors (Lipinski definition) is 1. The largest absolute Gasteiger partial charge is 0.496 e. The van der Waals surface area contributed by atoms with Crippen LogP contribution in [0.15, 0.2) is 46.6 Å². The van der Waals surface area contributed by atoms with E-state index < -0.39 is 0 Å². The predicted octanol–water partition coefficient (Wildman–Crippen LogP) is 4.43. The fourth-order valence-corrected chi connectivity index (χ4v) is 4.15. The summed E-state index contributed by atoms with van der Waals surface area (Å²) in [5.41, 5.74) is 3.60. The zero-order valence-electron chi connectivity index (χ0n) is 14.4. The van der Waals surface area contributed by atoms with Gasteiger partial charge in [-0.15, -0.1) is 11.3 Å². The first kappa shape index (κ1) is 18.1. The van der Waals surface area contributed by atoms with E-state index in [0.717, 1.165) is 34.8 Å². The maximum Gasteiger partial charge on any atom is 0.123 e. The molecule has 132 valence electrons. The van der Waals surface area contributed by atoms with E-state index in [1.54, 1.807) is 36.9 Å². The lowest BCUT2D eigenvalue weighted by Crippen LogP contribution is -2.23. The number of methoxy groups -OCH3 is 2. The van der Waals surface area contributed by atoms with Gasteiger partial charge in [0.05, 0.1) is 19.8 Å². The summed E-state index contributed by atoms with van der Waals surface area (Å²) in [6.45, 7) is 1.32. The molecule has 0 aliphatic heterocycles. The second-order valence-corrected chi connectivity index (χ2v) is 7.42. The minimum absolute atomic E-state index is 0.186. The van der Waals surface area contributed by atoms with Gasteiger partial charge in [0.2, 0.25) is 0 Å². The van der Waals surface area contributed by atoms with E-state index in [2.05, 4.69) is 33.2 Å². The molecule has 0 radical (unpaired) electrons. The van der Waals surface area contributed by atoms with E-state index >= 15 is 0 Å². The molecule has 2 heterocycles. The van der Waals surface area contributed by atoms with Gasteiger partial charge in [-0.1, -0.05) is 6.07 Å². The summed E-state index contributed by atoms with van der Waals surface area (Å²) in [4.78, 5) is 4.51. The Balaban J connectivity index is 1.75. The molecule has 0 bridgehead atoms. The summed E-state index contributed by atoms with van der Waals surface area (Å²) < 4.78 is 10.8. The molecule has 4 nitrogen and oxygen atoms in total. The van der Waals surface area contributed by atoms with Gasteiger partial charge in [-0.2, -0.15) is 11.3 Å². The van der Waals surface area contributed by atoms with Crippen LogP contribution in [0.2, 0.25) is 0 Å². The van der Waals surface area contributed by atoms with Crippen molar-refractivity contribution in [3.8, 4) is 5.75 Å². The minimum atomic E-state index is 0.186. The van der Waals surface area contributed by atoms with Crippen LogP contribution in [0, 0.1) is 0 Å². The van der Waals surface area contributed by atoms with Crippen molar-refractivity contribution in [2.75, 3.05) is 14.2 Å². The van der Waals surface area contributed by atoms with E-state index in [4.69, 9.17) is 9.47 Å². The first-order valence-electron chi connectivity index (χ1n) is 8.08. The van der Waals surface area contributed by atoms with Crippen LogP contribution in [-0.4, -0.2) is 19.2 Å². The smallest absolute Gasteiger partial charge is 0.123 e. The number of nitrogens with one attached hydrogen (secondary N) is 1. The lowest BCUT2D eigenvalue weighted by atomic mass is 10.1. The molecular weight excluding hydrogens is 352 g/mol. The highest BCUT2D eigenvalue weighted by Gasteiger charge is 2.16. The van der Waals surface area contributed by atoms with E-state index in [1.807, 2.05) is 23.7 Å². The van der Waals surface area contributed by atoms with Crippen LogP contribution in [0.1, 0.15) is 27.7 Å². The van der Waals surface area contributed by atoms with Gasteiger partial charge in [0, 0.05) is 30.8 Å². The number of rotatable bonds is 9. The monoisotopic (exact) mass is 374 g/mol. The molecule has 1 N–H and O–H groups in total. The molecule has 1 aromatic carbocycles. The van der Waals surface area contributed by atoms with Crippen molar-refractivity contribution in [3.63, 3.8) is 0 Å². The molecular formula is C19H22N2O2S2. The fourth-order valence-electron chi connectivity index (χ4n) is 2.76. The lowest BCUT2D eigenvalue weighted by molar-refractivity contribution is 0.184. The molecule has 25 heavy (non-hydrogen) atoms. The van der Waals surface area contributed by atoms with Crippen molar-refractivity contribution in [2.45, 2.75) is 25.6 Å². The Bertz CT molecular complexity index is 758. The summed E-state index contributed by atoms with van der Waals surface area (Å²) in [6, 6.07) is 8.54. The third-order valence-corrected chi connectivity index (χ3v) is 5.59. The minimum Gasteiger partial charge on any atom is -0.496 e. The molecule has 6 heteroatoms. The highest BCUT2D eigenvalue weighted by atomic mass is 32.1. The van der Waals surface area contributed by atoms with Crippen LogP contribution in [-0.2, 0) is 24.3 Å². The Morgan fingerprint density at radius 2 is 2.08 bits per heavy atom. The molecule has 2 aromatic heterocycles. The fraction of sp³-hybridized carbons (Fsp3) is 0.316. The van der Waals surface area contributed by atoms with E-state index in [0.29, 0.717) is 6.61 Å². The van der Waals surface area contributed by atoms with Gasteiger partial charge >= 0.3 is 0 Å². The topological polar surface area (TPSA) is 43.4 Å². The Kier molecular flexibility index (Phi) is 6.58. The molecule has 0 saturated heterocycles. The quantitative estimate of drug-likeness (QED) is 0.602. The van der Waals surface area contributed by atoms with Crippen LogP contribution in [0.4, 0.5) is 0 Å². The third-order valence-electron chi connectivity index (χ3n) is 3.96. The number of ether oxygens (including phenoxy) is 2. The SMILES string of the molecule is COCc1ccc(OC)c(CN[C@H](Cc2ccsc2)c2nccs2)c1. The van der Waals surface area contributed by atoms with Crippen LogP contribution in [0.5, 0.6) is 5.75 Å². The van der Waals surface area contributed by atoms with E-state index in [9.17, 15) is 0 Å². The first-order chi connectivity index (χ1) is 12.3. The van der Waals surface area contributed by atoms with Crippen LogP contribution >= 0.6 is 22.7 Å². The first-order valence-corrected chi connectivity index (χ1v) is 9.91. The highest BCUT2D eigenvalue weighted by molar-refractivity contribution is 7.09. The molecule has 0 aliphatic rings. The Hall–Kier alpha value is -1.73. The summed E-state index contributed by atoms with van der Waals surface area (Å²) >= 11 is 3.42. The van der Waals surface area contributed by atoms with Crippen LogP contribution in [0.25, 0.3) is 0 Å². The molecule has 0 saturated carbocycles. The average Bonchev–Trinajstić information content (AvgIpc) is 3.32. The van der Waals surface area contributed by atoms with Gasteiger partial charge < -0.3 is 14.8 Å². The number of thiophene rings is 1. The highest BCUT2D eigenvalue weighted by Crippen LogP contribution is 2.25. The van der Waals surface area contributed by atoms with E-state index in [1.165, 1.54) is 5.56 Å². The normalized spacial score (nSPS) is 12.2. The van der Waals surface area contributed by atoms with Crippen molar-refractivity contribution in [3.05, 3.63) is 68.3 Å². The number of hydrogen-bond acceptors (Lipinski definition) is 6. The van der Waals surface area contributed by atoms with Crippen molar-refractivity contribution in [2.24, 2.45) is 0 Å². The second-order valence-electron chi connectivity index (χ2n) is 5.72. The molecule has 0 fully saturated rings. The van der Waals surface area contributed by atoms with Gasteiger partial charge in [0.25, 0.3) is 0 Å². The molecule has 0 amide bonds. The Morgan fingerprint density at radius 3 is 2.76 bits per heavy atom. The average molecular weight is 375 g/mol. The third kappa shape index (κ3) is 4.89. The summed E-state index contributed by atoms with van der Waals surface area (Å²) in [6.07, 6.45) is 2.79. The maximum atomic E-state index is 5.52. The molecule has 1 atom stereocenters. The molecule has 3 rings (SSSR count). The molecule has 0 spiro atoms. The molecule has 0 unspecified atom stereocenters. The number of nitrogens with zero attached hydrogens (tertiary/aromatic N) is 1. The number of aromatic nitrogens is 1. The Morgan fingerprint density at radius 1 is 1.16 bits per heavy atom. The van der Waals surface area contributed by atoms with Crippen LogP contribution in [0.3, 0.4) is 0 Å². The van der Waals surface area contributed by atoms with Crippen LogP contribution < -0.4 is 10.1 Å². The number of benzene rings is 1. The van der Waals surface area contributed by atoms with Gasteiger partial charge in [-0.25, -0.2) is 4.98 Å². The lowest BCUT2D eigenvalue weighted by Gasteiger charge is -2.18. The van der Waals surface area contributed by atoms with E-state index in [-0.39, 0.29) is 6.04 Å². The summed E-state index contributed by atoms with van der Waals surface area (Å²) in [5, 5.41) is 11.1. The Labute approximate surface area is 156 Å². The predicted molar refractivity (Wildman–Crippen MR) is 103 cm³/mol. The zero-order valence-corrected chi connectivity index (χ0v) is 16.0. The second kappa shape index (κ2) is 9.10. The summed E-state index contributed by atoms with van der Waals surface area (Å²) in [7, 11) is 3.42. The van der Waals surface area contributed by atoms with Gasteiger partial charge in [0.15, 0.2) is 0 Å². The van der Waals surface area contributed by atoms with Crippen molar-refractivity contribution >= 4 is 22.7 Å². The van der Waals surface area contributed by atoms with Gasteiger partial charge in [-0.3, -0.25) is 0 Å². The van der Waals surface area contributed by atoms with Gasteiger partial charge in [0.1, 0.15) is 10.8 Å². The van der Waals surface area contributed by atoms with Crippen molar-refractivity contribution < 1.29 is 9.47 Å². The molecule has 3 aromatic rings. The van der Waals surface area contributed by atoms with Gasteiger partial charge in [-0.05, 0) is 46.5 Å². The standard InChI is InChI=1S/C19H22N2O2S2/c1-22-12-14-3-4-18(23-2)16(9-14)11-21-17(19-20-6-8-25-19)10-15-5-7-24-13-15/h3-9,13,17,21H,10-12H2,1-2H3/t17-/m1/s1.